The van der Waals surface area contributed by atoms with Gasteiger partial charge in [0.1, 0.15) is 12.7 Å². The SMILES string of the molecule is C1=CN=CC1.CCC1=NC=C(C)C1.CCC1=NC=CC1.Cn1ccnc1.O=C(n1ccnc1)n1ccnc1. The molecule has 3 aromatic heterocycles. The van der Waals surface area contributed by atoms with Gasteiger partial charge < -0.3 is 4.57 Å². The summed E-state index contributed by atoms with van der Waals surface area (Å²) in [5.41, 5.74) is 4.02. The number of hydrogen-bond donors (Lipinski definition) is 0. The smallest absolute Gasteiger partial charge is 0.338 e. The Balaban J connectivity index is 0.000000173. The van der Waals surface area contributed by atoms with E-state index in [9.17, 15) is 4.79 Å². The molecule has 0 N–H and O–H groups in total. The molecule has 0 aliphatic carbocycles. The molecule has 0 atom stereocenters. The second-order valence-electron chi connectivity index (χ2n) is 8.24. The highest BCUT2D eigenvalue weighted by molar-refractivity contribution is 5.88. The quantitative estimate of drug-likeness (QED) is 0.424. The number of carbonyl (C=O) groups excluding carboxylic acids is 1. The molecule has 6 rings (SSSR count). The Kier molecular flexibility index (Phi) is 14.0. The van der Waals surface area contributed by atoms with Gasteiger partial charge in [-0.25, -0.2) is 19.7 Å². The number of rotatable bonds is 2. The lowest BCUT2D eigenvalue weighted by Crippen LogP contribution is -2.15. The van der Waals surface area contributed by atoms with Crippen LogP contribution in [-0.2, 0) is 7.05 Å². The zero-order valence-corrected chi connectivity index (χ0v) is 22.6. The Bertz CT molecular complexity index is 1180. The van der Waals surface area contributed by atoms with Crippen molar-refractivity contribution in [1.82, 2.24) is 28.7 Å². The van der Waals surface area contributed by atoms with E-state index in [4.69, 9.17) is 0 Å². The third-order valence-corrected chi connectivity index (χ3v) is 5.11. The van der Waals surface area contributed by atoms with Gasteiger partial charge in [-0.05, 0) is 25.3 Å². The van der Waals surface area contributed by atoms with Gasteiger partial charge in [0.2, 0.25) is 0 Å². The molecule has 0 bridgehead atoms. The summed E-state index contributed by atoms with van der Waals surface area (Å²) < 4.78 is 4.64. The molecule has 0 unspecified atom stereocenters. The van der Waals surface area contributed by atoms with Crippen LogP contribution in [0, 0.1) is 0 Å². The van der Waals surface area contributed by atoms with Crippen molar-refractivity contribution in [1.29, 1.82) is 0 Å². The Morgan fingerprint density at radius 2 is 1.50 bits per heavy atom. The number of aliphatic imine (C=N–C) groups is 3. The predicted molar refractivity (Wildman–Crippen MR) is 154 cm³/mol. The van der Waals surface area contributed by atoms with Crippen LogP contribution >= 0.6 is 0 Å². The van der Waals surface area contributed by atoms with Crippen molar-refractivity contribution >= 4 is 23.7 Å². The van der Waals surface area contributed by atoms with Gasteiger partial charge in [-0.1, -0.05) is 26.0 Å². The molecule has 0 aromatic carbocycles. The molecular formula is C28H37N9O. The van der Waals surface area contributed by atoms with E-state index in [1.165, 1.54) is 38.8 Å². The molecule has 10 heteroatoms. The molecule has 3 aromatic rings. The van der Waals surface area contributed by atoms with Gasteiger partial charge in [-0.2, -0.15) is 0 Å². The van der Waals surface area contributed by atoms with Gasteiger partial charge in [0.05, 0.1) is 6.33 Å². The second-order valence-corrected chi connectivity index (χ2v) is 8.24. The largest absolute Gasteiger partial charge is 0.341 e. The summed E-state index contributed by atoms with van der Waals surface area (Å²) in [5, 5.41) is 0. The minimum Gasteiger partial charge on any atom is -0.341 e. The first-order chi connectivity index (χ1) is 18.5. The van der Waals surface area contributed by atoms with Crippen LogP contribution in [0.2, 0.25) is 0 Å². The van der Waals surface area contributed by atoms with Gasteiger partial charge in [-0.15, -0.1) is 0 Å². The molecule has 0 amide bonds. The minimum absolute atomic E-state index is 0.190. The highest BCUT2D eigenvalue weighted by Crippen LogP contribution is 2.11. The number of hydrogen-bond acceptors (Lipinski definition) is 7. The van der Waals surface area contributed by atoms with Gasteiger partial charge in [0.15, 0.2) is 0 Å². The Morgan fingerprint density at radius 1 is 0.842 bits per heavy atom. The summed E-state index contributed by atoms with van der Waals surface area (Å²) in [6, 6.07) is -0.190. The van der Waals surface area contributed by atoms with E-state index in [-0.39, 0.29) is 6.03 Å². The zero-order valence-electron chi connectivity index (χ0n) is 22.6. The molecule has 38 heavy (non-hydrogen) atoms. The molecule has 3 aliphatic heterocycles. The fraction of sp³-hybridized carbons (Fsp3) is 0.321. The molecule has 3 aliphatic rings. The van der Waals surface area contributed by atoms with E-state index < -0.39 is 0 Å². The van der Waals surface area contributed by atoms with E-state index in [1.54, 1.807) is 43.5 Å². The van der Waals surface area contributed by atoms with E-state index in [1.807, 2.05) is 42.5 Å². The molecule has 6 heterocycles. The lowest BCUT2D eigenvalue weighted by Gasteiger charge is -1.98. The van der Waals surface area contributed by atoms with Crippen LogP contribution in [0.5, 0.6) is 0 Å². The highest BCUT2D eigenvalue weighted by atomic mass is 16.2. The van der Waals surface area contributed by atoms with Gasteiger partial charge >= 0.3 is 6.03 Å². The zero-order chi connectivity index (χ0) is 27.4. The summed E-state index contributed by atoms with van der Waals surface area (Å²) in [6.07, 6.45) is 31.6. The Labute approximate surface area is 224 Å². The second kappa shape index (κ2) is 17.9. The first-order valence-corrected chi connectivity index (χ1v) is 12.5. The average Bonchev–Trinajstić information content (AvgIpc) is 3.78. The average molecular weight is 516 g/mol. The van der Waals surface area contributed by atoms with Crippen LogP contribution in [-0.4, -0.2) is 52.3 Å². The number of imidazole rings is 3. The molecule has 200 valence electrons. The van der Waals surface area contributed by atoms with Crippen molar-refractivity contribution < 1.29 is 4.79 Å². The number of allylic oxidation sites excluding steroid dienone is 3. The third-order valence-electron chi connectivity index (χ3n) is 5.11. The lowest BCUT2D eigenvalue weighted by atomic mass is 10.1. The van der Waals surface area contributed by atoms with Gasteiger partial charge in [0, 0.05) is 99.7 Å². The van der Waals surface area contributed by atoms with Crippen LogP contribution in [0.4, 0.5) is 4.79 Å². The van der Waals surface area contributed by atoms with E-state index >= 15 is 0 Å². The predicted octanol–water partition coefficient (Wildman–Crippen LogP) is 5.89. The van der Waals surface area contributed by atoms with E-state index in [2.05, 4.69) is 56.8 Å². The normalized spacial score (nSPS) is 13.9. The maximum absolute atomic E-state index is 11.4. The lowest BCUT2D eigenvalue weighted by molar-refractivity contribution is 0.244. The maximum Gasteiger partial charge on any atom is 0.338 e. The van der Waals surface area contributed by atoms with Crippen LogP contribution < -0.4 is 0 Å². The molecule has 0 saturated carbocycles. The number of nitrogens with zero attached hydrogens (tertiary/aromatic N) is 9. The Hall–Kier alpha value is -4.47. The molecule has 0 spiro atoms. The minimum atomic E-state index is -0.190. The number of aromatic nitrogens is 6. The monoisotopic (exact) mass is 515 g/mol. The summed E-state index contributed by atoms with van der Waals surface area (Å²) >= 11 is 0. The van der Waals surface area contributed by atoms with Crippen molar-refractivity contribution in [3.63, 3.8) is 0 Å². The summed E-state index contributed by atoms with van der Waals surface area (Å²) in [5.74, 6) is 0. The van der Waals surface area contributed by atoms with Crippen LogP contribution in [0.15, 0.2) is 107 Å². The molecular weight excluding hydrogens is 478 g/mol. The molecule has 0 saturated heterocycles. The van der Waals surface area contributed by atoms with Crippen molar-refractivity contribution in [3.8, 4) is 0 Å². The fourth-order valence-corrected chi connectivity index (χ4v) is 2.97. The van der Waals surface area contributed by atoms with E-state index in [0.717, 1.165) is 32.1 Å². The topological polar surface area (TPSA) is 108 Å². The molecule has 10 nitrogen and oxygen atoms in total. The van der Waals surface area contributed by atoms with Crippen LogP contribution in [0.1, 0.15) is 52.9 Å². The van der Waals surface area contributed by atoms with Crippen LogP contribution in [0.3, 0.4) is 0 Å². The van der Waals surface area contributed by atoms with Crippen molar-refractivity contribution in [2.45, 2.75) is 52.9 Å². The summed E-state index contributed by atoms with van der Waals surface area (Å²) in [6.45, 7) is 6.39. The van der Waals surface area contributed by atoms with Crippen molar-refractivity contribution in [2.24, 2.45) is 22.0 Å². The summed E-state index contributed by atoms with van der Waals surface area (Å²) in [7, 11) is 1.94. The standard InChI is InChI=1S/C7H6N4O.C7H11N.C6H9N.C4H6N2.C4H5N/c12-7(10-3-1-8-5-10)11-4-2-9-6-11;1-3-7-4-6(2)5-8-7;1-2-6-4-3-5-7-6;1-6-3-2-5-4-6;1-2-4-5-3-1/h1-6H;5H,3-4H2,1-2H3;3,5H,2,4H2,1H3;2-4H,1H3;1,3-4H,2H2. The molecule has 0 radical (unpaired) electrons. The van der Waals surface area contributed by atoms with Crippen molar-refractivity contribution in [3.05, 3.63) is 92.5 Å². The van der Waals surface area contributed by atoms with E-state index in [0.29, 0.717) is 0 Å². The first-order valence-electron chi connectivity index (χ1n) is 12.5. The van der Waals surface area contributed by atoms with Gasteiger partial charge in [-0.3, -0.25) is 24.1 Å². The Morgan fingerprint density at radius 3 is 1.76 bits per heavy atom. The molecule has 0 fully saturated rings. The first kappa shape index (κ1) is 29.8. The highest BCUT2D eigenvalue weighted by Gasteiger charge is 2.04. The summed E-state index contributed by atoms with van der Waals surface area (Å²) in [4.78, 5) is 34.8. The van der Waals surface area contributed by atoms with Crippen LogP contribution in [0.25, 0.3) is 0 Å². The van der Waals surface area contributed by atoms with Crippen molar-refractivity contribution in [2.75, 3.05) is 0 Å². The third kappa shape index (κ3) is 12.0. The fourth-order valence-electron chi connectivity index (χ4n) is 2.97. The number of carbonyl (C=O) groups is 1. The van der Waals surface area contributed by atoms with Gasteiger partial charge in [0.25, 0.3) is 0 Å². The maximum atomic E-state index is 11.4. The number of aryl methyl sites for hydroxylation is 1.